The van der Waals surface area contributed by atoms with Crippen LogP contribution in [0.5, 0.6) is 0 Å². The Kier molecular flexibility index (Phi) is 6.26. The van der Waals surface area contributed by atoms with E-state index in [0.29, 0.717) is 6.61 Å². The van der Waals surface area contributed by atoms with E-state index >= 15 is 0 Å². The highest BCUT2D eigenvalue weighted by Gasteiger charge is 2.02. The minimum absolute atomic E-state index is 0.230. The molecule has 3 N–H and O–H groups in total. The first kappa shape index (κ1) is 11.1. The van der Waals surface area contributed by atoms with Gasteiger partial charge >= 0.3 is 6.03 Å². The minimum atomic E-state index is -0.430. The van der Waals surface area contributed by atoms with Gasteiger partial charge in [-0.1, -0.05) is 6.92 Å². The lowest BCUT2D eigenvalue weighted by Crippen LogP contribution is -2.37. The number of hydrogen-bond donors (Lipinski definition) is 3. The van der Waals surface area contributed by atoms with Gasteiger partial charge in [0.05, 0.1) is 6.61 Å². The second kappa shape index (κ2) is 6.78. The molecular weight excluding hydrogens is 178 g/mol. The summed E-state index contributed by atoms with van der Waals surface area (Å²) in [4.78, 5) is 10.8. The van der Waals surface area contributed by atoms with Crippen LogP contribution in [0.3, 0.4) is 0 Å². The van der Waals surface area contributed by atoms with Crippen molar-refractivity contribution in [3.63, 3.8) is 0 Å². The van der Waals surface area contributed by atoms with Gasteiger partial charge in [-0.25, -0.2) is 4.79 Å². The quantitative estimate of drug-likeness (QED) is 0.353. The fraction of sp³-hybridized carbons (Fsp3) is 0.667. The topological polar surface area (TPSA) is 74.2 Å². The number of amidine groups is 1. The number of nitrogens with one attached hydrogen (secondary N) is 3. The van der Waals surface area contributed by atoms with Crippen LogP contribution in [0.25, 0.3) is 0 Å². The molecule has 0 heterocycles. The number of carbonyl (C=O) groups is 1. The lowest BCUT2D eigenvalue weighted by atomic mass is 10.8. The average molecular weight is 191 g/mol. The Morgan fingerprint density at radius 3 is 2.75 bits per heavy atom. The van der Waals surface area contributed by atoms with Crippen LogP contribution in [0.4, 0.5) is 4.79 Å². The average Bonchev–Trinajstić information content (AvgIpc) is 2.01. The van der Waals surface area contributed by atoms with Crippen molar-refractivity contribution in [2.45, 2.75) is 13.8 Å². The number of carbonyl (C=O) groups excluding carboxylic acids is 1. The molecular formula is C6H13N3O2S. The van der Waals surface area contributed by atoms with Gasteiger partial charge in [-0.3, -0.25) is 15.4 Å². The largest absolute Gasteiger partial charge is 0.465 e. The Morgan fingerprint density at radius 1 is 1.58 bits per heavy atom. The Hall–Kier alpha value is -0.910. The third-order valence-electron chi connectivity index (χ3n) is 0.825. The summed E-state index contributed by atoms with van der Waals surface area (Å²) < 4.78 is 7.16. The smallest absolute Gasteiger partial charge is 0.332 e. The van der Waals surface area contributed by atoms with Crippen molar-refractivity contribution in [1.82, 2.24) is 10.0 Å². The lowest BCUT2D eigenvalue weighted by molar-refractivity contribution is 0.245. The number of amides is 2. The minimum Gasteiger partial charge on any atom is -0.465 e. The monoisotopic (exact) mass is 191 g/mol. The van der Waals surface area contributed by atoms with Gasteiger partial charge in [0, 0.05) is 5.75 Å². The van der Waals surface area contributed by atoms with E-state index in [-0.39, 0.29) is 6.02 Å². The number of ether oxygens (including phenoxy) is 1. The summed E-state index contributed by atoms with van der Waals surface area (Å²) in [5, 5.41) is 9.26. The highest BCUT2D eigenvalue weighted by molar-refractivity contribution is 7.97. The van der Waals surface area contributed by atoms with Crippen molar-refractivity contribution >= 4 is 24.0 Å². The van der Waals surface area contributed by atoms with E-state index in [2.05, 4.69) is 10.0 Å². The van der Waals surface area contributed by atoms with Crippen LogP contribution in [0, 0.1) is 5.41 Å². The van der Waals surface area contributed by atoms with Gasteiger partial charge in [0.15, 0.2) is 0 Å². The molecule has 2 amide bonds. The third kappa shape index (κ3) is 5.84. The summed E-state index contributed by atoms with van der Waals surface area (Å²) in [6, 6.07) is -0.660. The van der Waals surface area contributed by atoms with Crippen LogP contribution < -0.4 is 10.0 Å². The van der Waals surface area contributed by atoms with Crippen LogP contribution >= 0.6 is 11.9 Å². The van der Waals surface area contributed by atoms with Crippen LogP contribution in [-0.2, 0) is 4.74 Å². The van der Waals surface area contributed by atoms with Crippen molar-refractivity contribution in [2.75, 3.05) is 12.4 Å². The van der Waals surface area contributed by atoms with E-state index in [1.54, 1.807) is 6.92 Å². The van der Waals surface area contributed by atoms with Crippen molar-refractivity contribution in [3.05, 3.63) is 0 Å². The van der Waals surface area contributed by atoms with Crippen LogP contribution in [0.15, 0.2) is 0 Å². The van der Waals surface area contributed by atoms with E-state index in [0.717, 1.165) is 5.75 Å². The first-order valence-electron chi connectivity index (χ1n) is 3.60. The van der Waals surface area contributed by atoms with Gasteiger partial charge in [-0.2, -0.15) is 0 Å². The van der Waals surface area contributed by atoms with E-state index in [1.807, 2.05) is 6.92 Å². The van der Waals surface area contributed by atoms with Crippen LogP contribution in [0.2, 0.25) is 0 Å². The van der Waals surface area contributed by atoms with Crippen molar-refractivity contribution in [2.24, 2.45) is 0 Å². The number of urea groups is 1. The molecule has 0 atom stereocenters. The molecule has 0 aliphatic rings. The van der Waals surface area contributed by atoms with Gasteiger partial charge in [0.1, 0.15) is 0 Å². The zero-order valence-electron chi connectivity index (χ0n) is 7.14. The second-order valence-electron chi connectivity index (χ2n) is 1.75. The van der Waals surface area contributed by atoms with Gasteiger partial charge in [0.2, 0.25) is 0 Å². The van der Waals surface area contributed by atoms with Crippen molar-refractivity contribution in [3.8, 4) is 0 Å². The molecule has 0 aromatic carbocycles. The van der Waals surface area contributed by atoms with Gasteiger partial charge < -0.3 is 4.74 Å². The SMILES string of the molecule is CCOC(=N)NC(=O)NSCC. The zero-order valence-corrected chi connectivity index (χ0v) is 7.96. The van der Waals surface area contributed by atoms with Gasteiger partial charge in [0.25, 0.3) is 6.02 Å². The van der Waals surface area contributed by atoms with Gasteiger partial charge in [-0.05, 0) is 18.9 Å². The molecule has 12 heavy (non-hydrogen) atoms. The maximum absolute atomic E-state index is 10.8. The first-order chi connectivity index (χ1) is 5.70. The summed E-state index contributed by atoms with van der Waals surface area (Å²) in [6.07, 6.45) is 0. The molecule has 70 valence electrons. The Balaban J connectivity index is 3.47. The number of rotatable bonds is 3. The fourth-order valence-corrected chi connectivity index (χ4v) is 0.773. The molecule has 5 nitrogen and oxygen atoms in total. The van der Waals surface area contributed by atoms with E-state index in [1.165, 1.54) is 11.9 Å². The summed E-state index contributed by atoms with van der Waals surface area (Å²) in [5.41, 5.74) is 0. The van der Waals surface area contributed by atoms with E-state index in [4.69, 9.17) is 10.1 Å². The Labute approximate surface area is 75.9 Å². The standard InChI is InChI=1S/C6H13N3O2S/c1-3-11-5(7)8-6(10)9-12-4-2/h3-4H2,1-2H3,(H3,7,8,9,10). The predicted molar refractivity (Wildman–Crippen MR) is 49.2 cm³/mol. The van der Waals surface area contributed by atoms with Crippen molar-refractivity contribution < 1.29 is 9.53 Å². The Bertz CT molecular complexity index is 163. The molecule has 0 rings (SSSR count). The fourth-order valence-electron chi connectivity index (χ4n) is 0.447. The Morgan fingerprint density at radius 2 is 2.25 bits per heavy atom. The van der Waals surface area contributed by atoms with E-state index in [9.17, 15) is 4.79 Å². The third-order valence-corrected chi connectivity index (χ3v) is 1.44. The first-order valence-corrected chi connectivity index (χ1v) is 4.59. The summed E-state index contributed by atoms with van der Waals surface area (Å²) in [7, 11) is 0. The van der Waals surface area contributed by atoms with E-state index < -0.39 is 6.03 Å². The molecule has 0 saturated heterocycles. The lowest BCUT2D eigenvalue weighted by Gasteiger charge is -2.06. The highest BCUT2D eigenvalue weighted by atomic mass is 32.2. The predicted octanol–water partition coefficient (Wildman–Crippen LogP) is 0.925. The maximum Gasteiger partial charge on any atom is 0.332 e. The molecule has 0 radical (unpaired) electrons. The number of hydrogen-bond acceptors (Lipinski definition) is 4. The molecule has 0 aliphatic carbocycles. The molecule has 0 saturated carbocycles. The second-order valence-corrected chi connectivity index (χ2v) is 2.82. The molecule has 0 aromatic rings. The molecule has 6 heteroatoms. The molecule has 0 unspecified atom stereocenters. The van der Waals surface area contributed by atoms with Crippen LogP contribution in [0.1, 0.15) is 13.8 Å². The maximum atomic E-state index is 10.8. The molecule has 0 aliphatic heterocycles. The molecule has 0 spiro atoms. The van der Waals surface area contributed by atoms with Gasteiger partial charge in [-0.15, -0.1) is 0 Å². The molecule has 0 bridgehead atoms. The molecule has 0 fully saturated rings. The highest BCUT2D eigenvalue weighted by Crippen LogP contribution is 1.89. The summed E-state index contributed by atoms with van der Waals surface area (Å²) in [6.45, 7) is 4.04. The molecule has 0 aromatic heterocycles. The summed E-state index contributed by atoms with van der Waals surface area (Å²) >= 11 is 1.26. The van der Waals surface area contributed by atoms with Crippen LogP contribution in [-0.4, -0.2) is 24.4 Å². The summed E-state index contributed by atoms with van der Waals surface area (Å²) in [5.74, 6) is 0.787. The van der Waals surface area contributed by atoms with Crippen molar-refractivity contribution in [1.29, 1.82) is 5.41 Å². The normalized spacial score (nSPS) is 8.83. The zero-order chi connectivity index (χ0) is 9.40.